The molecule has 0 unspecified atom stereocenters. The summed E-state index contributed by atoms with van der Waals surface area (Å²) in [5, 5.41) is 11.7. The molecule has 0 spiro atoms. The first-order chi connectivity index (χ1) is 9.69. The Morgan fingerprint density at radius 3 is 2.67 bits per heavy atom. The first kappa shape index (κ1) is 17.0. The van der Waals surface area contributed by atoms with Gasteiger partial charge in [-0.15, -0.1) is 0 Å². The molecule has 2 N–H and O–H groups in total. The first-order valence-corrected chi connectivity index (χ1v) is 6.60. The molecule has 21 heavy (non-hydrogen) atoms. The highest BCUT2D eigenvalue weighted by Gasteiger charge is 2.15. The van der Waals surface area contributed by atoms with Crippen LogP contribution < -0.4 is 5.32 Å². The van der Waals surface area contributed by atoms with Crippen molar-refractivity contribution in [2.24, 2.45) is 0 Å². The van der Waals surface area contributed by atoms with Crippen LogP contribution in [0.1, 0.15) is 36.8 Å². The van der Waals surface area contributed by atoms with E-state index in [1.165, 1.54) is 6.07 Å². The number of aromatic carboxylic acids is 1. The van der Waals surface area contributed by atoms with Gasteiger partial charge in [0.25, 0.3) is 0 Å². The van der Waals surface area contributed by atoms with Crippen molar-refractivity contribution in [2.45, 2.75) is 26.4 Å². The minimum Gasteiger partial charge on any atom is -0.476 e. The predicted octanol–water partition coefficient (Wildman–Crippen LogP) is 2.97. The molecule has 0 fully saturated rings. The van der Waals surface area contributed by atoms with E-state index in [4.69, 9.17) is 21.4 Å². The van der Waals surface area contributed by atoms with Crippen molar-refractivity contribution in [3.63, 3.8) is 0 Å². The van der Waals surface area contributed by atoms with Crippen molar-refractivity contribution in [2.75, 3.05) is 6.54 Å². The number of amides is 1. The zero-order valence-electron chi connectivity index (χ0n) is 12.0. The molecular weight excluding hydrogens is 296 g/mol. The monoisotopic (exact) mass is 312 g/mol. The van der Waals surface area contributed by atoms with Crippen LogP contribution in [0.5, 0.6) is 0 Å². The number of nitrogens with one attached hydrogen (secondary N) is 1. The van der Waals surface area contributed by atoms with Crippen LogP contribution in [0, 0.1) is 0 Å². The standard InChI is InChI=1S/C14H17ClN2O4/c1-14(2,3)21-13(20)16-8-4-5-9-6-7-10(15)17-11(9)12(18)19/h4-7H,8H2,1-3H3,(H,16,20)(H,18,19). The van der Waals surface area contributed by atoms with E-state index < -0.39 is 17.7 Å². The number of hydrogen-bond donors (Lipinski definition) is 2. The molecule has 1 aromatic rings. The van der Waals surface area contributed by atoms with Crippen LogP contribution in [0.25, 0.3) is 6.08 Å². The van der Waals surface area contributed by atoms with E-state index in [0.29, 0.717) is 5.56 Å². The zero-order chi connectivity index (χ0) is 16.0. The number of alkyl carbamates (subject to hydrolysis) is 1. The molecule has 1 rings (SSSR count). The Kier molecular flexibility index (Phi) is 5.72. The highest BCUT2D eigenvalue weighted by molar-refractivity contribution is 6.29. The molecule has 0 saturated carbocycles. The maximum Gasteiger partial charge on any atom is 0.407 e. The lowest BCUT2D eigenvalue weighted by Crippen LogP contribution is -2.32. The number of rotatable bonds is 4. The second-order valence-electron chi connectivity index (χ2n) is 5.16. The summed E-state index contributed by atoms with van der Waals surface area (Å²) in [7, 11) is 0. The second kappa shape index (κ2) is 7.08. The van der Waals surface area contributed by atoms with Crippen LogP contribution in [-0.2, 0) is 4.74 Å². The van der Waals surface area contributed by atoms with E-state index >= 15 is 0 Å². The Balaban J connectivity index is 2.62. The number of nitrogens with zero attached hydrogens (tertiary/aromatic N) is 1. The van der Waals surface area contributed by atoms with E-state index in [-0.39, 0.29) is 17.4 Å². The summed E-state index contributed by atoms with van der Waals surface area (Å²) in [6.45, 7) is 5.50. The Morgan fingerprint density at radius 1 is 1.43 bits per heavy atom. The third-order valence-electron chi connectivity index (χ3n) is 2.16. The number of pyridine rings is 1. The lowest BCUT2D eigenvalue weighted by atomic mass is 10.2. The number of hydrogen-bond acceptors (Lipinski definition) is 4. The van der Waals surface area contributed by atoms with Crippen LogP contribution in [0.4, 0.5) is 4.79 Å². The van der Waals surface area contributed by atoms with Gasteiger partial charge in [0.05, 0.1) is 0 Å². The number of carbonyl (C=O) groups excluding carboxylic acids is 1. The molecule has 6 nitrogen and oxygen atoms in total. The molecule has 0 aliphatic rings. The molecule has 0 aromatic carbocycles. The number of carboxylic acids is 1. The molecular formula is C14H17ClN2O4. The second-order valence-corrected chi connectivity index (χ2v) is 5.55. The molecule has 0 aliphatic carbocycles. The minimum atomic E-state index is -1.17. The summed E-state index contributed by atoms with van der Waals surface area (Å²) in [6.07, 6.45) is 2.60. The van der Waals surface area contributed by atoms with Gasteiger partial charge < -0.3 is 15.2 Å². The maximum absolute atomic E-state index is 11.4. The van der Waals surface area contributed by atoms with E-state index in [1.54, 1.807) is 39.0 Å². The van der Waals surface area contributed by atoms with Crippen molar-refractivity contribution >= 4 is 29.7 Å². The fourth-order valence-electron chi connectivity index (χ4n) is 1.39. The third kappa shape index (κ3) is 6.27. The van der Waals surface area contributed by atoms with E-state index in [9.17, 15) is 9.59 Å². The number of aromatic nitrogens is 1. The van der Waals surface area contributed by atoms with Crippen LogP contribution in [0.15, 0.2) is 18.2 Å². The third-order valence-corrected chi connectivity index (χ3v) is 2.37. The molecule has 1 heterocycles. The van der Waals surface area contributed by atoms with Crippen molar-refractivity contribution in [1.82, 2.24) is 10.3 Å². The van der Waals surface area contributed by atoms with Gasteiger partial charge in [-0.05, 0) is 32.9 Å². The van der Waals surface area contributed by atoms with Crippen molar-refractivity contribution < 1.29 is 19.4 Å². The van der Waals surface area contributed by atoms with Gasteiger partial charge in [-0.2, -0.15) is 0 Å². The number of carboxylic acid groups (broad SMARTS) is 1. The Hall–Kier alpha value is -2.08. The molecule has 0 atom stereocenters. The highest BCUT2D eigenvalue weighted by Crippen LogP contribution is 2.13. The summed E-state index contributed by atoms with van der Waals surface area (Å²) < 4.78 is 5.06. The van der Waals surface area contributed by atoms with Crippen molar-refractivity contribution in [3.8, 4) is 0 Å². The molecule has 1 aromatic heterocycles. The predicted molar refractivity (Wildman–Crippen MR) is 79.5 cm³/mol. The molecule has 1 amide bonds. The van der Waals surface area contributed by atoms with Crippen LogP contribution in [0.2, 0.25) is 5.15 Å². The van der Waals surface area contributed by atoms with Gasteiger partial charge in [0, 0.05) is 12.1 Å². The molecule has 0 saturated heterocycles. The maximum atomic E-state index is 11.4. The number of ether oxygens (including phenoxy) is 1. The van der Waals surface area contributed by atoms with Crippen molar-refractivity contribution in [3.05, 3.63) is 34.6 Å². The van der Waals surface area contributed by atoms with Gasteiger partial charge in [0.15, 0.2) is 5.69 Å². The SMILES string of the molecule is CC(C)(C)OC(=O)NCC=Cc1ccc(Cl)nc1C(=O)O. The molecule has 0 bridgehead atoms. The van der Waals surface area contributed by atoms with Gasteiger partial charge in [0.1, 0.15) is 10.8 Å². The lowest BCUT2D eigenvalue weighted by molar-refractivity contribution is 0.0533. The Morgan fingerprint density at radius 2 is 2.10 bits per heavy atom. The van der Waals surface area contributed by atoms with E-state index in [2.05, 4.69) is 10.3 Å². The van der Waals surface area contributed by atoms with Crippen LogP contribution in [0.3, 0.4) is 0 Å². The average molecular weight is 313 g/mol. The molecule has 0 radical (unpaired) electrons. The molecule has 7 heteroatoms. The van der Waals surface area contributed by atoms with Gasteiger partial charge in [-0.1, -0.05) is 23.8 Å². The summed E-state index contributed by atoms with van der Waals surface area (Å²) in [5.74, 6) is -1.17. The summed E-state index contributed by atoms with van der Waals surface area (Å²) in [4.78, 5) is 26.2. The summed E-state index contributed by atoms with van der Waals surface area (Å²) in [6, 6.07) is 3.04. The fourth-order valence-corrected chi connectivity index (χ4v) is 1.54. The van der Waals surface area contributed by atoms with E-state index in [0.717, 1.165) is 0 Å². The van der Waals surface area contributed by atoms with Gasteiger partial charge in [0.2, 0.25) is 0 Å². The topological polar surface area (TPSA) is 88.5 Å². The smallest absolute Gasteiger partial charge is 0.407 e. The highest BCUT2D eigenvalue weighted by atomic mass is 35.5. The normalized spacial score (nSPS) is 11.4. The Labute approximate surface area is 127 Å². The van der Waals surface area contributed by atoms with Gasteiger partial charge in [-0.25, -0.2) is 14.6 Å². The van der Waals surface area contributed by atoms with Gasteiger partial charge >= 0.3 is 12.1 Å². The summed E-state index contributed by atoms with van der Waals surface area (Å²) >= 11 is 5.65. The first-order valence-electron chi connectivity index (χ1n) is 6.22. The van der Waals surface area contributed by atoms with Gasteiger partial charge in [-0.3, -0.25) is 0 Å². The van der Waals surface area contributed by atoms with Crippen molar-refractivity contribution in [1.29, 1.82) is 0 Å². The number of carbonyl (C=O) groups is 2. The van der Waals surface area contributed by atoms with E-state index in [1.807, 2.05) is 0 Å². The lowest BCUT2D eigenvalue weighted by Gasteiger charge is -2.19. The number of halogens is 1. The summed E-state index contributed by atoms with van der Waals surface area (Å²) in [5.41, 5.74) is -0.307. The minimum absolute atomic E-state index is 0.108. The fraction of sp³-hybridized carbons (Fsp3) is 0.357. The molecule has 114 valence electrons. The van der Waals surface area contributed by atoms with Crippen LogP contribution >= 0.6 is 11.6 Å². The average Bonchev–Trinajstić information content (AvgIpc) is 2.33. The largest absolute Gasteiger partial charge is 0.476 e. The molecule has 0 aliphatic heterocycles. The zero-order valence-corrected chi connectivity index (χ0v) is 12.8. The van der Waals surface area contributed by atoms with Crippen LogP contribution in [-0.4, -0.2) is 34.3 Å². The quantitative estimate of drug-likeness (QED) is 0.834. The Bertz CT molecular complexity index is 565.